The second-order valence-corrected chi connectivity index (χ2v) is 6.70. The smallest absolute Gasteiger partial charge is 0.341 e. The molecule has 0 unspecified atom stereocenters. The van der Waals surface area contributed by atoms with Crippen LogP contribution in [-0.2, 0) is 19.6 Å². The first-order valence-electron chi connectivity index (χ1n) is 7.11. The first kappa shape index (κ1) is 18.3. The Kier molecular flexibility index (Phi) is 5.60. The van der Waals surface area contributed by atoms with Crippen LogP contribution < -0.4 is 14.8 Å². The van der Waals surface area contributed by atoms with Crippen molar-refractivity contribution in [2.24, 2.45) is 0 Å². The number of hydrogen-bond acceptors (Lipinski definition) is 5. The molecule has 0 heterocycles. The maximum atomic E-state index is 12.4. The number of carboxylic acids is 1. The molecule has 0 aliphatic rings. The van der Waals surface area contributed by atoms with Crippen molar-refractivity contribution in [3.05, 3.63) is 48.5 Å². The van der Waals surface area contributed by atoms with Crippen LogP contribution in [0.15, 0.2) is 53.4 Å². The number of anilines is 2. The van der Waals surface area contributed by atoms with E-state index in [9.17, 15) is 18.0 Å². The average molecular weight is 364 g/mol. The molecule has 0 atom stereocenters. The van der Waals surface area contributed by atoms with Crippen molar-refractivity contribution in [1.82, 2.24) is 0 Å². The number of hydrogen-bond donors (Lipinski definition) is 3. The van der Waals surface area contributed by atoms with Gasteiger partial charge in [-0.25, -0.2) is 13.2 Å². The Balaban J connectivity index is 2.14. The van der Waals surface area contributed by atoms with Crippen molar-refractivity contribution in [2.45, 2.75) is 11.8 Å². The molecule has 0 saturated heterocycles. The van der Waals surface area contributed by atoms with Gasteiger partial charge in [-0.05, 0) is 36.4 Å². The minimum atomic E-state index is -3.84. The number of sulfonamides is 1. The summed E-state index contributed by atoms with van der Waals surface area (Å²) in [5, 5.41) is 11.1. The summed E-state index contributed by atoms with van der Waals surface area (Å²) in [5.74, 6) is -1.17. The van der Waals surface area contributed by atoms with E-state index in [0.29, 0.717) is 5.69 Å². The predicted octanol–water partition coefficient (Wildman–Crippen LogP) is 1.91. The van der Waals surface area contributed by atoms with Crippen LogP contribution in [0.25, 0.3) is 0 Å². The Morgan fingerprint density at radius 2 is 1.76 bits per heavy atom. The minimum Gasteiger partial charge on any atom is -0.482 e. The highest BCUT2D eigenvalue weighted by Gasteiger charge is 2.14. The highest BCUT2D eigenvalue weighted by atomic mass is 32.2. The quantitative estimate of drug-likeness (QED) is 0.690. The van der Waals surface area contributed by atoms with Crippen LogP contribution >= 0.6 is 0 Å². The largest absolute Gasteiger partial charge is 0.482 e. The molecule has 2 aromatic rings. The average Bonchev–Trinajstić information content (AvgIpc) is 2.53. The van der Waals surface area contributed by atoms with Gasteiger partial charge in [-0.3, -0.25) is 9.52 Å². The molecule has 8 nitrogen and oxygen atoms in total. The summed E-state index contributed by atoms with van der Waals surface area (Å²) in [4.78, 5) is 21.5. The van der Waals surface area contributed by atoms with E-state index in [4.69, 9.17) is 9.84 Å². The van der Waals surface area contributed by atoms with Gasteiger partial charge in [0.25, 0.3) is 10.0 Å². The lowest BCUT2D eigenvalue weighted by Gasteiger charge is -2.10. The van der Waals surface area contributed by atoms with Crippen LogP contribution in [0.5, 0.6) is 5.75 Å². The maximum absolute atomic E-state index is 12.4. The lowest BCUT2D eigenvalue weighted by Crippen LogP contribution is -2.14. The number of nitrogens with one attached hydrogen (secondary N) is 2. The van der Waals surface area contributed by atoms with E-state index in [-0.39, 0.29) is 22.2 Å². The summed E-state index contributed by atoms with van der Waals surface area (Å²) >= 11 is 0. The van der Waals surface area contributed by atoms with Gasteiger partial charge in [0.15, 0.2) is 6.61 Å². The highest BCUT2D eigenvalue weighted by molar-refractivity contribution is 7.92. The second kappa shape index (κ2) is 7.67. The fourth-order valence-electron chi connectivity index (χ4n) is 1.93. The fraction of sp³-hybridized carbons (Fsp3) is 0.125. The third kappa shape index (κ3) is 5.50. The zero-order valence-corrected chi connectivity index (χ0v) is 14.0. The lowest BCUT2D eigenvalue weighted by molar-refractivity contribution is -0.139. The van der Waals surface area contributed by atoms with Crippen molar-refractivity contribution in [2.75, 3.05) is 16.6 Å². The topological polar surface area (TPSA) is 122 Å². The van der Waals surface area contributed by atoms with Gasteiger partial charge in [0.2, 0.25) is 5.91 Å². The van der Waals surface area contributed by atoms with Crippen LogP contribution in [0.2, 0.25) is 0 Å². The van der Waals surface area contributed by atoms with Crippen LogP contribution in [0.1, 0.15) is 6.92 Å². The van der Waals surface area contributed by atoms with Crippen molar-refractivity contribution >= 4 is 33.3 Å². The van der Waals surface area contributed by atoms with Gasteiger partial charge in [0.05, 0.1) is 10.6 Å². The summed E-state index contributed by atoms with van der Waals surface area (Å²) in [6, 6.07) is 11.6. The molecule has 0 aromatic heterocycles. The summed E-state index contributed by atoms with van der Waals surface area (Å²) in [6.07, 6.45) is 0. The van der Waals surface area contributed by atoms with Crippen LogP contribution in [0.3, 0.4) is 0 Å². The van der Waals surface area contributed by atoms with Crippen molar-refractivity contribution < 1.29 is 27.9 Å². The van der Waals surface area contributed by atoms with Crippen molar-refractivity contribution in [3.63, 3.8) is 0 Å². The molecule has 1 amide bonds. The molecule has 0 aliphatic carbocycles. The van der Waals surface area contributed by atoms with Crippen LogP contribution in [0.4, 0.5) is 11.4 Å². The van der Waals surface area contributed by atoms with Gasteiger partial charge in [0.1, 0.15) is 5.75 Å². The molecule has 0 bridgehead atoms. The molecule has 0 spiro atoms. The summed E-state index contributed by atoms with van der Waals surface area (Å²) in [6.45, 7) is 0.826. The highest BCUT2D eigenvalue weighted by Crippen LogP contribution is 2.22. The Bertz CT molecular complexity index is 878. The van der Waals surface area contributed by atoms with E-state index >= 15 is 0 Å². The van der Waals surface area contributed by atoms with E-state index in [0.717, 1.165) is 0 Å². The molecule has 0 fully saturated rings. The first-order valence-corrected chi connectivity index (χ1v) is 8.60. The molecule has 0 radical (unpaired) electrons. The Hall–Kier alpha value is -3.07. The number of aliphatic carboxylic acids is 1. The van der Waals surface area contributed by atoms with Gasteiger partial charge < -0.3 is 15.2 Å². The van der Waals surface area contributed by atoms with E-state index in [1.165, 1.54) is 55.5 Å². The Morgan fingerprint density at radius 1 is 1.08 bits per heavy atom. The molecule has 3 N–H and O–H groups in total. The molecular formula is C16H16N2O6S. The number of amides is 1. The van der Waals surface area contributed by atoms with E-state index in [2.05, 4.69) is 10.0 Å². The fourth-order valence-corrected chi connectivity index (χ4v) is 2.98. The predicted molar refractivity (Wildman–Crippen MR) is 91.1 cm³/mol. The number of rotatable bonds is 7. The summed E-state index contributed by atoms with van der Waals surface area (Å²) < 4.78 is 32.1. The third-order valence-electron chi connectivity index (χ3n) is 2.93. The molecule has 0 saturated carbocycles. The molecular weight excluding hydrogens is 348 g/mol. The van der Waals surface area contributed by atoms with E-state index in [1.807, 2.05) is 0 Å². The summed E-state index contributed by atoms with van der Waals surface area (Å²) in [7, 11) is -3.84. The number of carbonyl (C=O) groups excluding carboxylic acids is 1. The van der Waals surface area contributed by atoms with Crippen LogP contribution in [-0.4, -0.2) is 32.0 Å². The number of benzene rings is 2. The molecule has 2 rings (SSSR count). The van der Waals surface area contributed by atoms with E-state index < -0.39 is 22.6 Å². The molecule has 132 valence electrons. The zero-order valence-electron chi connectivity index (χ0n) is 13.2. The summed E-state index contributed by atoms with van der Waals surface area (Å²) in [5.41, 5.74) is 0.712. The van der Waals surface area contributed by atoms with E-state index in [1.54, 1.807) is 0 Å². The number of carboxylic acid groups (broad SMARTS) is 1. The maximum Gasteiger partial charge on any atom is 0.341 e. The van der Waals surface area contributed by atoms with Gasteiger partial charge in [-0.15, -0.1) is 0 Å². The Morgan fingerprint density at radius 3 is 2.36 bits per heavy atom. The monoisotopic (exact) mass is 364 g/mol. The normalized spacial score (nSPS) is 10.8. The Labute approximate surface area is 144 Å². The van der Waals surface area contributed by atoms with Crippen molar-refractivity contribution in [1.29, 1.82) is 0 Å². The standard InChI is InChI=1S/C16H16N2O6S/c1-11(19)17-12-5-7-15(8-6-12)25(22,23)18-13-3-2-4-14(9-13)24-10-16(20)21/h2-9,18H,10H2,1H3,(H,17,19)(H,20,21). The second-order valence-electron chi connectivity index (χ2n) is 5.02. The third-order valence-corrected chi connectivity index (χ3v) is 4.33. The minimum absolute atomic E-state index is 0.0125. The molecule has 2 aromatic carbocycles. The lowest BCUT2D eigenvalue weighted by atomic mass is 10.3. The molecule has 25 heavy (non-hydrogen) atoms. The molecule has 9 heteroatoms. The number of ether oxygens (including phenoxy) is 1. The number of carbonyl (C=O) groups is 2. The van der Waals surface area contributed by atoms with Gasteiger partial charge in [-0.1, -0.05) is 6.07 Å². The van der Waals surface area contributed by atoms with Gasteiger partial charge >= 0.3 is 5.97 Å². The zero-order chi connectivity index (χ0) is 18.4. The van der Waals surface area contributed by atoms with Crippen molar-refractivity contribution in [3.8, 4) is 5.75 Å². The SMILES string of the molecule is CC(=O)Nc1ccc(S(=O)(=O)Nc2cccc(OCC(=O)O)c2)cc1. The first-order chi connectivity index (χ1) is 11.8. The molecule has 0 aliphatic heterocycles. The van der Waals surface area contributed by atoms with Gasteiger partial charge in [-0.2, -0.15) is 0 Å². The van der Waals surface area contributed by atoms with Gasteiger partial charge in [0, 0.05) is 18.7 Å². The van der Waals surface area contributed by atoms with Crippen LogP contribution in [0, 0.1) is 0 Å².